The molecule has 2 heterocycles. The minimum absolute atomic E-state index is 0.101. The highest BCUT2D eigenvalue weighted by Gasteiger charge is 2.37. The summed E-state index contributed by atoms with van der Waals surface area (Å²) in [7, 11) is 0. The van der Waals surface area contributed by atoms with Gasteiger partial charge < -0.3 is 24.3 Å². The summed E-state index contributed by atoms with van der Waals surface area (Å²) in [6, 6.07) is 9.35. The van der Waals surface area contributed by atoms with Crippen molar-refractivity contribution >= 4 is 28.5 Å². The number of nitrogens with one attached hydrogen (secondary N) is 1. The van der Waals surface area contributed by atoms with Gasteiger partial charge in [-0.1, -0.05) is 6.07 Å². The van der Waals surface area contributed by atoms with Gasteiger partial charge in [0.2, 0.25) is 5.62 Å². The Hall–Kier alpha value is -3.44. The van der Waals surface area contributed by atoms with E-state index in [1.54, 1.807) is 41.5 Å². The normalized spacial score (nSPS) is 16.8. The van der Waals surface area contributed by atoms with Gasteiger partial charge in [-0.2, -0.15) is 18.2 Å². The van der Waals surface area contributed by atoms with Crippen LogP contribution in [0.1, 0.15) is 36.2 Å². The molecule has 0 bridgehead atoms. The predicted octanol–water partition coefficient (Wildman–Crippen LogP) is 3.25. The van der Waals surface area contributed by atoms with Crippen molar-refractivity contribution in [1.29, 1.82) is 0 Å². The standard InChI is InChI=1S/C24H25F3N4O4/c1-23(2)21(34)30(10-12-35-23)17-7-8-19-18(14-17)28-22(31(19)9-4-11-32)29-20(33)15-5-3-6-16(13-15)24(25,26)27/h3,5-8,13-14,32H,4,9-12H2,1-2H3,(H,28,29,33). The number of hydrogen-bond acceptors (Lipinski definition) is 4. The Bertz CT molecular complexity index is 1340. The molecule has 2 N–H and O–H groups in total. The van der Waals surface area contributed by atoms with Crippen LogP contribution in [-0.4, -0.2) is 51.8 Å². The quantitative estimate of drug-likeness (QED) is 0.574. The Labute approximate surface area is 198 Å². The van der Waals surface area contributed by atoms with Gasteiger partial charge in [0.1, 0.15) is 5.60 Å². The Morgan fingerprint density at radius 2 is 2.00 bits per heavy atom. The maximum atomic E-state index is 13.1. The number of rotatable bonds is 5. The number of aliphatic hydroxyl groups excluding tert-OH is 1. The third kappa shape index (κ3) is 5.01. The van der Waals surface area contributed by atoms with Gasteiger partial charge in [0.05, 0.1) is 23.2 Å². The van der Waals surface area contributed by atoms with Crippen molar-refractivity contribution in [3.05, 3.63) is 59.2 Å². The van der Waals surface area contributed by atoms with Crippen molar-refractivity contribution in [3.63, 3.8) is 0 Å². The van der Waals surface area contributed by atoms with Crippen LogP contribution in [0.3, 0.4) is 0 Å². The van der Waals surface area contributed by atoms with Crippen molar-refractivity contribution in [2.24, 2.45) is 4.99 Å². The average Bonchev–Trinajstić information content (AvgIpc) is 3.14. The number of morpholine rings is 1. The van der Waals surface area contributed by atoms with E-state index >= 15 is 0 Å². The van der Waals surface area contributed by atoms with Gasteiger partial charge in [0.15, 0.2) is 0 Å². The van der Waals surface area contributed by atoms with Crippen molar-refractivity contribution < 1.29 is 32.6 Å². The van der Waals surface area contributed by atoms with Gasteiger partial charge in [-0.15, -0.1) is 0 Å². The molecule has 11 heteroatoms. The summed E-state index contributed by atoms with van der Waals surface area (Å²) in [6.45, 7) is 4.38. The number of aromatic amines is 1. The van der Waals surface area contributed by atoms with E-state index in [0.29, 0.717) is 42.8 Å². The zero-order valence-corrected chi connectivity index (χ0v) is 19.2. The van der Waals surface area contributed by atoms with E-state index in [1.165, 1.54) is 6.07 Å². The van der Waals surface area contributed by atoms with Crippen LogP contribution in [0, 0.1) is 0 Å². The monoisotopic (exact) mass is 490 g/mol. The summed E-state index contributed by atoms with van der Waals surface area (Å²) in [5.41, 5.74) is -0.0974. The lowest BCUT2D eigenvalue weighted by atomic mass is 10.1. The molecule has 1 saturated heterocycles. The molecule has 2 amide bonds. The van der Waals surface area contributed by atoms with Crippen LogP contribution in [0.15, 0.2) is 47.5 Å². The minimum atomic E-state index is -4.58. The highest BCUT2D eigenvalue weighted by molar-refractivity contribution is 6.01. The fourth-order valence-corrected chi connectivity index (χ4v) is 3.99. The van der Waals surface area contributed by atoms with E-state index in [-0.39, 0.29) is 23.7 Å². The average molecular weight is 490 g/mol. The Balaban J connectivity index is 1.76. The molecule has 4 rings (SSSR count). The molecule has 3 aromatic rings. The summed E-state index contributed by atoms with van der Waals surface area (Å²) < 4.78 is 46.4. The van der Waals surface area contributed by atoms with Gasteiger partial charge >= 0.3 is 6.18 Å². The zero-order chi connectivity index (χ0) is 25.4. The summed E-state index contributed by atoms with van der Waals surface area (Å²) in [4.78, 5) is 34.2. The number of carbonyl (C=O) groups excluding carboxylic acids is 2. The molecule has 0 atom stereocenters. The minimum Gasteiger partial charge on any atom is -0.396 e. The smallest absolute Gasteiger partial charge is 0.396 e. The number of anilines is 1. The van der Waals surface area contributed by atoms with Gasteiger partial charge in [-0.25, -0.2) is 0 Å². The van der Waals surface area contributed by atoms with E-state index in [4.69, 9.17) is 4.74 Å². The van der Waals surface area contributed by atoms with Crippen LogP contribution in [0.4, 0.5) is 18.9 Å². The second kappa shape index (κ2) is 9.31. The lowest BCUT2D eigenvalue weighted by Crippen LogP contribution is -2.53. The Morgan fingerprint density at radius 3 is 2.71 bits per heavy atom. The number of ether oxygens (including phenoxy) is 1. The third-order valence-corrected chi connectivity index (χ3v) is 5.81. The lowest BCUT2D eigenvalue weighted by molar-refractivity contribution is -0.144. The lowest BCUT2D eigenvalue weighted by Gasteiger charge is -2.37. The molecule has 186 valence electrons. The molecule has 1 aliphatic rings. The topological polar surface area (TPSA) is 99.9 Å². The number of aryl methyl sites for hydroxylation is 1. The number of nitrogens with zero attached hydrogens (tertiary/aromatic N) is 3. The summed E-state index contributed by atoms with van der Waals surface area (Å²) in [6.07, 6.45) is -4.21. The van der Waals surface area contributed by atoms with Gasteiger partial charge in [0.25, 0.3) is 11.8 Å². The second-order valence-electron chi connectivity index (χ2n) is 8.69. The molecule has 1 aliphatic heterocycles. The first kappa shape index (κ1) is 24.7. The van der Waals surface area contributed by atoms with E-state index in [1.807, 2.05) is 0 Å². The molecule has 1 aromatic heterocycles. The summed E-state index contributed by atoms with van der Waals surface area (Å²) in [5.74, 6) is -1.03. The van der Waals surface area contributed by atoms with Crippen LogP contribution < -0.4 is 10.5 Å². The van der Waals surface area contributed by atoms with Crippen molar-refractivity contribution in [1.82, 2.24) is 9.55 Å². The number of aliphatic hydroxyl groups is 1. The van der Waals surface area contributed by atoms with Gasteiger partial charge in [-0.05, 0) is 56.7 Å². The van der Waals surface area contributed by atoms with E-state index in [2.05, 4.69) is 9.98 Å². The van der Waals surface area contributed by atoms with Crippen molar-refractivity contribution in [2.45, 2.75) is 38.6 Å². The van der Waals surface area contributed by atoms with Crippen LogP contribution in [0.2, 0.25) is 0 Å². The number of halogens is 3. The number of amides is 2. The maximum absolute atomic E-state index is 13.1. The number of aromatic nitrogens is 2. The highest BCUT2D eigenvalue weighted by atomic mass is 19.4. The first-order chi connectivity index (χ1) is 16.5. The number of imidazole rings is 1. The molecule has 1 fully saturated rings. The maximum Gasteiger partial charge on any atom is 0.416 e. The predicted molar refractivity (Wildman–Crippen MR) is 122 cm³/mol. The number of benzene rings is 2. The van der Waals surface area contributed by atoms with E-state index in [9.17, 15) is 27.9 Å². The Kier molecular flexibility index (Phi) is 6.56. The van der Waals surface area contributed by atoms with Crippen molar-refractivity contribution in [3.8, 4) is 0 Å². The van der Waals surface area contributed by atoms with Crippen LogP contribution in [0.5, 0.6) is 0 Å². The van der Waals surface area contributed by atoms with Crippen molar-refractivity contribution in [2.75, 3.05) is 24.7 Å². The molecule has 0 unspecified atom stereocenters. The molecule has 0 spiro atoms. The summed E-state index contributed by atoms with van der Waals surface area (Å²) in [5, 5.41) is 9.30. The zero-order valence-electron chi connectivity index (χ0n) is 19.2. The third-order valence-electron chi connectivity index (χ3n) is 5.81. The number of fused-ring (bicyclic) bond motifs is 1. The van der Waals surface area contributed by atoms with Gasteiger partial charge in [0, 0.05) is 30.9 Å². The molecule has 2 aromatic carbocycles. The fourth-order valence-electron chi connectivity index (χ4n) is 3.99. The number of alkyl halides is 3. The first-order valence-electron chi connectivity index (χ1n) is 11.1. The van der Waals surface area contributed by atoms with Crippen LogP contribution in [0.25, 0.3) is 11.0 Å². The number of H-pyrrole nitrogens is 1. The second-order valence-corrected chi connectivity index (χ2v) is 8.69. The van der Waals surface area contributed by atoms with Crippen LogP contribution in [-0.2, 0) is 22.3 Å². The van der Waals surface area contributed by atoms with E-state index in [0.717, 1.165) is 18.2 Å². The first-order valence-corrected chi connectivity index (χ1v) is 11.1. The molecular formula is C24H25F3N4O4. The number of carbonyl (C=O) groups is 2. The largest absolute Gasteiger partial charge is 0.416 e. The van der Waals surface area contributed by atoms with E-state index < -0.39 is 23.2 Å². The molecule has 0 aliphatic carbocycles. The molecular weight excluding hydrogens is 465 g/mol. The fraction of sp³-hybridized carbons (Fsp3) is 0.375. The molecule has 8 nitrogen and oxygen atoms in total. The van der Waals surface area contributed by atoms with Gasteiger partial charge in [-0.3, -0.25) is 9.59 Å². The summed E-state index contributed by atoms with van der Waals surface area (Å²) >= 11 is 0. The Morgan fingerprint density at radius 1 is 1.23 bits per heavy atom. The molecule has 35 heavy (non-hydrogen) atoms. The molecule has 0 radical (unpaired) electrons. The number of hydrogen-bond donors (Lipinski definition) is 2. The molecule has 0 saturated carbocycles. The SMILES string of the molecule is CC1(C)OCCN(c2ccc3c(c2)[nH]/c(=N\C(=O)c2cccc(C(F)(F)F)c2)n3CCCO)C1=O. The highest BCUT2D eigenvalue weighted by Crippen LogP contribution is 2.30. The van der Waals surface area contributed by atoms with Crippen LogP contribution >= 0.6 is 0 Å².